The van der Waals surface area contributed by atoms with Gasteiger partial charge in [0.15, 0.2) is 0 Å². The maximum absolute atomic E-state index is 11.7. The minimum absolute atomic E-state index is 0.352. The SMILES string of the molecule is C=CCNC(C(=O)OC)c1ccc(Cl)cc1Br. The molecule has 0 aliphatic heterocycles. The number of nitrogens with one attached hydrogen (secondary N) is 1. The summed E-state index contributed by atoms with van der Waals surface area (Å²) in [4.78, 5) is 11.7. The Morgan fingerprint density at radius 2 is 2.41 bits per heavy atom. The number of carbonyl (C=O) groups excluding carboxylic acids is 1. The zero-order valence-corrected chi connectivity index (χ0v) is 11.7. The molecule has 1 N–H and O–H groups in total. The van der Waals surface area contributed by atoms with E-state index in [1.807, 2.05) is 0 Å². The number of hydrogen-bond acceptors (Lipinski definition) is 3. The Labute approximate surface area is 114 Å². The van der Waals surface area contributed by atoms with Gasteiger partial charge < -0.3 is 4.74 Å². The first kappa shape index (κ1) is 14.2. The molecular formula is C12H13BrClNO2. The summed E-state index contributed by atoms with van der Waals surface area (Å²) in [6, 6.07) is 4.71. The highest BCUT2D eigenvalue weighted by molar-refractivity contribution is 9.10. The quantitative estimate of drug-likeness (QED) is 0.670. The molecule has 3 nitrogen and oxygen atoms in total. The van der Waals surface area contributed by atoms with E-state index in [2.05, 4.69) is 27.8 Å². The van der Waals surface area contributed by atoms with E-state index in [9.17, 15) is 4.79 Å². The summed E-state index contributed by atoms with van der Waals surface area (Å²) in [5.41, 5.74) is 0.781. The summed E-state index contributed by atoms with van der Waals surface area (Å²) in [7, 11) is 1.36. The molecule has 0 aromatic heterocycles. The molecule has 0 heterocycles. The summed E-state index contributed by atoms with van der Waals surface area (Å²) in [5.74, 6) is -0.352. The number of rotatable bonds is 5. The van der Waals surface area contributed by atoms with Gasteiger partial charge in [-0.05, 0) is 17.7 Å². The Hall–Kier alpha value is -0.840. The molecule has 5 heteroatoms. The lowest BCUT2D eigenvalue weighted by Gasteiger charge is -2.17. The summed E-state index contributed by atoms with van der Waals surface area (Å²) < 4.78 is 5.52. The van der Waals surface area contributed by atoms with Crippen LogP contribution in [0.15, 0.2) is 35.3 Å². The summed E-state index contributed by atoms with van der Waals surface area (Å²) in [5, 5.41) is 3.64. The Morgan fingerprint density at radius 1 is 1.71 bits per heavy atom. The van der Waals surface area contributed by atoms with Gasteiger partial charge >= 0.3 is 5.97 Å². The van der Waals surface area contributed by atoms with Crippen LogP contribution in [0.5, 0.6) is 0 Å². The first-order valence-corrected chi connectivity index (χ1v) is 6.14. The van der Waals surface area contributed by atoms with Crippen molar-refractivity contribution in [3.8, 4) is 0 Å². The van der Waals surface area contributed by atoms with Gasteiger partial charge in [0.1, 0.15) is 6.04 Å². The van der Waals surface area contributed by atoms with E-state index in [-0.39, 0.29) is 5.97 Å². The zero-order valence-electron chi connectivity index (χ0n) is 9.37. The molecule has 1 unspecified atom stereocenters. The van der Waals surface area contributed by atoms with Crippen molar-refractivity contribution in [1.29, 1.82) is 0 Å². The van der Waals surface area contributed by atoms with Crippen LogP contribution < -0.4 is 5.32 Å². The predicted molar refractivity (Wildman–Crippen MR) is 72.1 cm³/mol. The lowest BCUT2D eigenvalue weighted by molar-refractivity contribution is -0.143. The van der Waals surface area contributed by atoms with Crippen molar-refractivity contribution in [1.82, 2.24) is 5.32 Å². The lowest BCUT2D eigenvalue weighted by atomic mass is 10.1. The zero-order chi connectivity index (χ0) is 12.8. The molecule has 0 saturated carbocycles. The van der Waals surface area contributed by atoms with Crippen LogP contribution in [0.2, 0.25) is 5.02 Å². The highest BCUT2D eigenvalue weighted by Crippen LogP contribution is 2.27. The molecule has 92 valence electrons. The van der Waals surface area contributed by atoms with Crippen LogP contribution in [-0.2, 0) is 9.53 Å². The molecule has 17 heavy (non-hydrogen) atoms. The topological polar surface area (TPSA) is 38.3 Å². The minimum atomic E-state index is -0.537. The molecule has 0 fully saturated rings. The Bertz CT molecular complexity index is 423. The van der Waals surface area contributed by atoms with Crippen molar-refractivity contribution in [3.05, 3.63) is 45.9 Å². The van der Waals surface area contributed by atoms with Crippen LogP contribution in [-0.4, -0.2) is 19.6 Å². The van der Waals surface area contributed by atoms with Gasteiger partial charge in [0.05, 0.1) is 7.11 Å². The molecule has 1 atom stereocenters. The van der Waals surface area contributed by atoms with Gasteiger partial charge in [-0.25, -0.2) is 4.79 Å². The van der Waals surface area contributed by atoms with Gasteiger partial charge in [-0.15, -0.1) is 6.58 Å². The second kappa shape index (κ2) is 6.79. The van der Waals surface area contributed by atoms with E-state index >= 15 is 0 Å². The fraction of sp³-hybridized carbons (Fsp3) is 0.250. The van der Waals surface area contributed by atoms with Gasteiger partial charge in [0.25, 0.3) is 0 Å². The number of benzene rings is 1. The van der Waals surface area contributed by atoms with Crippen LogP contribution in [0.1, 0.15) is 11.6 Å². The Kier molecular flexibility index (Phi) is 5.68. The summed E-state index contributed by atoms with van der Waals surface area (Å²) >= 11 is 9.24. The number of hydrogen-bond donors (Lipinski definition) is 1. The molecule has 0 spiro atoms. The molecule has 0 amide bonds. The summed E-state index contributed by atoms with van der Waals surface area (Å²) in [6.07, 6.45) is 1.68. The molecule has 0 aliphatic carbocycles. The van der Waals surface area contributed by atoms with Crippen molar-refractivity contribution >= 4 is 33.5 Å². The van der Waals surface area contributed by atoms with Gasteiger partial charge in [-0.2, -0.15) is 0 Å². The van der Waals surface area contributed by atoms with E-state index in [1.165, 1.54) is 7.11 Å². The average Bonchev–Trinajstić information content (AvgIpc) is 2.31. The number of methoxy groups -OCH3 is 1. The van der Waals surface area contributed by atoms with Gasteiger partial charge in [0, 0.05) is 16.0 Å². The van der Waals surface area contributed by atoms with Crippen molar-refractivity contribution in [2.75, 3.05) is 13.7 Å². The van der Waals surface area contributed by atoms with E-state index in [0.717, 1.165) is 10.0 Å². The van der Waals surface area contributed by atoms with Crippen molar-refractivity contribution in [3.63, 3.8) is 0 Å². The number of esters is 1. The Morgan fingerprint density at radius 3 is 2.94 bits per heavy atom. The predicted octanol–water partition coefficient (Wildman–Crippen LogP) is 3.09. The van der Waals surface area contributed by atoms with E-state index in [1.54, 1.807) is 24.3 Å². The lowest BCUT2D eigenvalue weighted by Crippen LogP contribution is -2.30. The van der Waals surface area contributed by atoms with E-state index < -0.39 is 6.04 Å². The molecule has 1 rings (SSSR count). The second-order valence-electron chi connectivity index (χ2n) is 3.32. The number of ether oxygens (including phenoxy) is 1. The maximum Gasteiger partial charge on any atom is 0.327 e. The average molecular weight is 319 g/mol. The van der Waals surface area contributed by atoms with Crippen LogP contribution in [0.25, 0.3) is 0 Å². The fourth-order valence-corrected chi connectivity index (χ4v) is 2.29. The molecular weight excluding hydrogens is 305 g/mol. The van der Waals surface area contributed by atoms with Crippen molar-refractivity contribution in [2.45, 2.75) is 6.04 Å². The third-order valence-corrected chi connectivity index (χ3v) is 3.10. The number of carbonyl (C=O) groups is 1. The molecule has 0 bridgehead atoms. The first-order valence-electron chi connectivity index (χ1n) is 4.97. The highest BCUT2D eigenvalue weighted by atomic mass is 79.9. The maximum atomic E-state index is 11.7. The van der Waals surface area contributed by atoms with Crippen LogP contribution >= 0.6 is 27.5 Å². The summed E-state index contributed by atoms with van der Waals surface area (Å²) in [6.45, 7) is 4.11. The smallest absolute Gasteiger partial charge is 0.327 e. The molecule has 1 aromatic carbocycles. The van der Waals surface area contributed by atoms with Crippen molar-refractivity contribution in [2.24, 2.45) is 0 Å². The monoisotopic (exact) mass is 317 g/mol. The van der Waals surface area contributed by atoms with E-state index in [0.29, 0.717) is 11.6 Å². The van der Waals surface area contributed by atoms with E-state index in [4.69, 9.17) is 16.3 Å². The second-order valence-corrected chi connectivity index (χ2v) is 4.61. The molecule has 0 saturated heterocycles. The third kappa shape index (κ3) is 3.84. The molecule has 0 aliphatic rings. The normalized spacial score (nSPS) is 11.9. The van der Waals surface area contributed by atoms with Crippen molar-refractivity contribution < 1.29 is 9.53 Å². The first-order chi connectivity index (χ1) is 8.10. The molecule has 1 aromatic rings. The number of halogens is 2. The van der Waals surface area contributed by atoms with Gasteiger partial charge in [-0.3, -0.25) is 5.32 Å². The third-order valence-electron chi connectivity index (χ3n) is 2.18. The fourth-order valence-electron chi connectivity index (χ4n) is 1.37. The van der Waals surface area contributed by atoms with Crippen LogP contribution in [0, 0.1) is 0 Å². The minimum Gasteiger partial charge on any atom is -0.468 e. The van der Waals surface area contributed by atoms with Gasteiger partial charge in [-0.1, -0.05) is 39.7 Å². The van der Waals surface area contributed by atoms with Crippen LogP contribution in [0.3, 0.4) is 0 Å². The van der Waals surface area contributed by atoms with Crippen LogP contribution in [0.4, 0.5) is 0 Å². The Balaban J connectivity index is 3.03. The standard InChI is InChI=1S/C12H13BrClNO2/c1-3-6-15-11(12(16)17-2)9-5-4-8(14)7-10(9)13/h3-5,7,11,15H,1,6H2,2H3. The molecule has 0 radical (unpaired) electrons. The highest BCUT2D eigenvalue weighted by Gasteiger charge is 2.22. The largest absolute Gasteiger partial charge is 0.468 e. The van der Waals surface area contributed by atoms with Gasteiger partial charge in [0.2, 0.25) is 0 Å².